The summed E-state index contributed by atoms with van der Waals surface area (Å²) >= 11 is 3.43. The molecule has 1 unspecified atom stereocenters. The minimum atomic E-state index is 0.141. The van der Waals surface area contributed by atoms with E-state index in [0.29, 0.717) is 6.42 Å². The Morgan fingerprint density at radius 2 is 2.40 bits per heavy atom. The van der Waals surface area contributed by atoms with Crippen LogP contribution in [0.1, 0.15) is 12.0 Å². The molecule has 1 heterocycles. The quantitative estimate of drug-likeness (QED) is 0.871. The van der Waals surface area contributed by atoms with Gasteiger partial charge < -0.3 is 10.6 Å². The Kier molecular flexibility index (Phi) is 3.38. The van der Waals surface area contributed by atoms with Gasteiger partial charge in [-0.15, -0.1) is 0 Å². The Morgan fingerprint density at radius 3 is 3.07 bits per heavy atom. The van der Waals surface area contributed by atoms with Gasteiger partial charge in [-0.1, -0.05) is 28.1 Å². The molecule has 2 N–H and O–H groups in total. The molecule has 4 heteroatoms. The number of rotatable bonds is 3. The second-order valence-corrected chi connectivity index (χ2v) is 4.63. The third-order valence-electron chi connectivity index (χ3n) is 2.46. The molecule has 1 saturated heterocycles. The van der Waals surface area contributed by atoms with E-state index in [1.165, 1.54) is 5.56 Å². The smallest absolute Gasteiger partial charge is 0.221 e. The molecule has 0 bridgehead atoms. The van der Waals surface area contributed by atoms with Crippen LogP contribution in [-0.4, -0.2) is 18.5 Å². The molecule has 1 aliphatic rings. The second kappa shape index (κ2) is 4.77. The first-order valence-corrected chi connectivity index (χ1v) is 5.78. The zero-order valence-electron chi connectivity index (χ0n) is 8.29. The molecule has 1 atom stereocenters. The summed E-state index contributed by atoms with van der Waals surface area (Å²) in [6, 6.07) is 8.44. The Bertz CT molecular complexity index is 367. The van der Waals surface area contributed by atoms with Crippen LogP contribution in [0.25, 0.3) is 0 Å². The highest BCUT2D eigenvalue weighted by atomic mass is 79.9. The standard InChI is InChI=1S/C11H13BrN2O/c12-9-3-1-2-8(4-9)6-13-10-5-11(15)14-7-10/h1-4,10,13H,5-7H2,(H,14,15). The van der Waals surface area contributed by atoms with Crippen molar-refractivity contribution in [3.8, 4) is 0 Å². The minimum absolute atomic E-state index is 0.141. The molecule has 1 aromatic rings. The van der Waals surface area contributed by atoms with Crippen LogP contribution in [0.2, 0.25) is 0 Å². The summed E-state index contributed by atoms with van der Waals surface area (Å²) in [6.45, 7) is 1.55. The zero-order chi connectivity index (χ0) is 10.7. The van der Waals surface area contributed by atoms with Crippen molar-refractivity contribution in [2.75, 3.05) is 6.54 Å². The molecule has 15 heavy (non-hydrogen) atoms. The van der Waals surface area contributed by atoms with E-state index >= 15 is 0 Å². The summed E-state index contributed by atoms with van der Waals surface area (Å²) in [5, 5.41) is 6.16. The van der Waals surface area contributed by atoms with Crippen LogP contribution < -0.4 is 10.6 Å². The highest BCUT2D eigenvalue weighted by Crippen LogP contribution is 2.11. The molecule has 0 aliphatic carbocycles. The van der Waals surface area contributed by atoms with Gasteiger partial charge in [0.05, 0.1) is 0 Å². The van der Waals surface area contributed by atoms with Crippen molar-refractivity contribution >= 4 is 21.8 Å². The van der Waals surface area contributed by atoms with Gasteiger partial charge in [-0.2, -0.15) is 0 Å². The average Bonchev–Trinajstić information content (AvgIpc) is 2.62. The normalized spacial score (nSPS) is 20.3. The maximum absolute atomic E-state index is 11.0. The van der Waals surface area contributed by atoms with E-state index in [4.69, 9.17) is 0 Å². The van der Waals surface area contributed by atoms with Crippen molar-refractivity contribution in [2.24, 2.45) is 0 Å². The summed E-state index contributed by atoms with van der Waals surface area (Å²) in [6.07, 6.45) is 0.591. The fourth-order valence-corrected chi connectivity index (χ4v) is 2.11. The molecule has 1 fully saturated rings. The average molecular weight is 269 g/mol. The van der Waals surface area contributed by atoms with Crippen molar-refractivity contribution in [1.29, 1.82) is 0 Å². The lowest BCUT2D eigenvalue weighted by molar-refractivity contribution is -0.119. The van der Waals surface area contributed by atoms with Crippen molar-refractivity contribution in [3.05, 3.63) is 34.3 Å². The van der Waals surface area contributed by atoms with E-state index in [2.05, 4.69) is 38.7 Å². The third-order valence-corrected chi connectivity index (χ3v) is 2.95. The topological polar surface area (TPSA) is 41.1 Å². The van der Waals surface area contributed by atoms with Crippen molar-refractivity contribution < 1.29 is 4.79 Å². The minimum Gasteiger partial charge on any atom is -0.354 e. The summed E-state index contributed by atoms with van der Waals surface area (Å²) in [7, 11) is 0. The molecule has 2 rings (SSSR count). The predicted octanol–water partition coefficient (Wildman–Crippen LogP) is 1.43. The SMILES string of the molecule is O=C1CC(NCc2cccc(Br)c2)CN1. The molecule has 0 spiro atoms. The van der Waals surface area contributed by atoms with Gasteiger partial charge in [-0.3, -0.25) is 4.79 Å². The van der Waals surface area contributed by atoms with Gasteiger partial charge in [-0.05, 0) is 17.7 Å². The molecule has 1 aromatic carbocycles. The van der Waals surface area contributed by atoms with Gasteiger partial charge in [-0.25, -0.2) is 0 Å². The lowest BCUT2D eigenvalue weighted by Crippen LogP contribution is -2.30. The Hall–Kier alpha value is -0.870. The number of carbonyl (C=O) groups excluding carboxylic acids is 1. The number of halogens is 1. The monoisotopic (exact) mass is 268 g/mol. The van der Waals surface area contributed by atoms with Crippen LogP contribution >= 0.6 is 15.9 Å². The fourth-order valence-electron chi connectivity index (χ4n) is 1.66. The molecule has 3 nitrogen and oxygen atoms in total. The number of hydrogen-bond donors (Lipinski definition) is 2. The fraction of sp³-hybridized carbons (Fsp3) is 0.364. The number of nitrogens with one attached hydrogen (secondary N) is 2. The van der Waals surface area contributed by atoms with E-state index in [0.717, 1.165) is 17.6 Å². The van der Waals surface area contributed by atoms with E-state index in [-0.39, 0.29) is 11.9 Å². The van der Waals surface area contributed by atoms with E-state index in [1.807, 2.05) is 12.1 Å². The summed E-state index contributed by atoms with van der Waals surface area (Å²) < 4.78 is 1.09. The predicted molar refractivity (Wildman–Crippen MR) is 62.4 cm³/mol. The van der Waals surface area contributed by atoms with Crippen LogP contribution in [0.4, 0.5) is 0 Å². The summed E-state index contributed by atoms with van der Waals surface area (Å²) in [5.41, 5.74) is 1.23. The Morgan fingerprint density at radius 1 is 1.53 bits per heavy atom. The zero-order valence-corrected chi connectivity index (χ0v) is 9.88. The number of hydrogen-bond acceptors (Lipinski definition) is 2. The van der Waals surface area contributed by atoms with Gasteiger partial charge in [0, 0.05) is 30.0 Å². The van der Waals surface area contributed by atoms with Crippen molar-refractivity contribution in [2.45, 2.75) is 19.0 Å². The Balaban J connectivity index is 1.85. The molecule has 80 valence electrons. The van der Waals surface area contributed by atoms with Gasteiger partial charge in [0.1, 0.15) is 0 Å². The van der Waals surface area contributed by atoms with E-state index < -0.39 is 0 Å². The van der Waals surface area contributed by atoms with Crippen LogP contribution in [0.15, 0.2) is 28.7 Å². The molecule has 1 aliphatic heterocycles. The van der Waals surface area contributed by atoms with Gasteiger partial charge in [0.2, 0.25) is 5.91 Å². The summed E-state index contributed by atoms with van der Waals surface area (Å²) in [5.74, 6) is 0.141. The summed E-state index contributed by atoms with van der Waals surface area (Å²) in [4.78, 5) is 11.0. The first-order valence-electron chi connectivity index (χ1n) is 4.98. The maximum atomic E-state index is 11.0. The highest BCUT2D eigenvalue weighted by Gasteiger charge is 2.20. The number of amides is 1. The number of benzene rings is 1. The molecule has 0 radical (unpaired) electrons. The number of carbonyl (C=O) groups is 1. The van der Waals surface area contributed by atoms with E-state index in [9.17, 15) is 4.79 Å². The lowest BCUT2D eigenvalue weighted by atomic mass is 10.2. The van der Waals surface area contributed by atoms with Crippen molar-refractivity contribution in [1.82, 2.24) is 10.6 Å². The Labute approximate surface area is 97.4 Å². The molecule has 0 saturated carbocycles. The first kappa shape index (κ1) is 10.6. The van der Waals surface area contributed by atoms with Crippen LogP contribution in [-0.2, 0) is 11.3 Å². The maximum Gasteiger partial charge on any atom is 0.221 e. The van der Waals surface area contributed by atoms with E-state index in [1.54, 1.807) is 0 Å². The van der Waals surface area contributed by atoms with Crippen LogP contribution in [0, 0.1) is 0 Å². The van der Waals surface area contributed by atoms with Gasteiger partial charge >= 0.3 is 0 Å². The molecule has 0 aromatic heterocycles. The third kappa shape index (κ3) is 3.04. The van der Waals surface area contributed by atoms with Crippen molar-refractivity contribution in [3.63, 3.8) is 0 Å². The van der Waals surface area contributed by atoms with Crippen LogP contribution in [0.3, 0.4) is 0 Å². The highest BCUT2D eigenvalue weighted by molar-refractivity contribution is 9.10. The second-order valence-electron chi connectivity index (χ2n) is 3.72. The lowest BCUT2D eigenvalue weighted by Gasteiger charge is -2.10. The first-order chi connectivity index (χ1) is 7.24. The van der Waals surface area contributed by atoms with Gasteiger partial charge in [0.15, 0.2) is 0 Å². The van der Waals surface area contributed by atoms with Crippen LogP contribution in [0.5, 0.6) is 0 Å². The molecule has 1 amide bonds. The largest absolute Gasteiger partial charge is 0.354 e. The molecular formula is C11H13BrN2O. The molecular weight excluding hydrogens is 256 g/mol. The van der Waals surface area contributed by atoms with Gasteiger partial charge in [0.25, 0.3) is 0 Å².